The first-order chi connectivity index (χ1) is 18.4. The first kappa shape index (κ1) is 27.6. The normalized spacial score (nSPS) is 23.5. The molecular weight excluding hydrogens is 480 g/mol. The Hall–Kier alpha value is -3.39. The van der Waals surface area contributed by atoms with Crippen LogP contribution in [0.3, 0.4) is 0 Å². The van der Waals surface area contributed by atoms with Gasteiger partial charge in [-0.05, 0) is 48.8 Å². The molecule has 0 aliphatic carbocycles. The largest absolute Gasteiger partial charge is 0.489 e. The van der Waals surface area contributed by atoms with Gasteiger partial charge in [0.2, 0.25) is 17.7 Å². The third-order valence-electron chi connectivity index (χ3n) is 7.28. The van der Waals surface area contributed by atoms with E-state index in [-0.39, 0.29) is 30.4 Å². The predicted octanol–water partition coefficient (Wildman–Crippen LogP) is 2.39. The molecule has 3 atom stereocenters. The van der Waals surface area contributed by atoms with Crippen LogP contribution < -0.4 is 20.7 Å². The van der Waals surface area contributed by atoms with Crippen LogP contribution >= 0.6 is 0 Å². The molecule has 0 saturated heterocycles. The molecular formula is C30H40N4O4. The molecule has 4 rings (SSSR count). The zero-order valence-electron chi connectivity index (χ0n) is 22.5. The van der Waals surface area contributed by atoms with E-state index in [0.717, 1.165) is 49.0 Å². The van der Waals surface area contributed by atoms with E-state index in [1.54, 1.807) is 7.05 Å². The summed E-state index contributed by atoms with van der Waals surface area (Å²) in [5, 5.41) is 9.29. The lowest BCUT2D eigenvalue weighted by atomic mass is 9.97. The molecule has 38 heavy (non-hydrogen) atoms. The van der Waals surface area contributed by atoms with Crippen molar-refractivity contribution >= 4 is 17.7 Å². The molecule has 2 bridgehead atoms. The summed E-state index contributed by atoms with van der Waals surface area (Å²) in [6.45, 7) is 2.99. The fourth-order valence-corrected chi connectivity index (χ4v) is 5.22. The number of nitrogens with zero attached hydrogens (tertiary/aromatic N) is 1. The minimum absolute atomic E-state index is 0.0262. The van der Waals surface area contributed by atoms with Crippen molar-refractivity contribution < 1.29 is 19.1 Å². The summed E-state index contributed by atoms with van der Waals surface area (Å²) in [6, 6.07) is 14.8. The van der Waals surface area contributed by atoms with E-state index in [0.29, 0.717) is 25.9 Å². The molecule has 204 valence electrons. The molecule has 3 amide bonds. The van der Waals surface area contributed by atoms with E-state index in [1.165, 1.54) is 10.5 Å². The summed E-state index contributed by atoms with van der Waals surface area (Å²) in [6.07, 6.45) is 5.20. The number of fused-ring (bicyclic) bond motifs is 1. The average molecular weight is 521 g/mol. The molecule has 0 saturated carbocycles. The van der Waals surface area contributed by atoms with Gasteiger partial charge < -0.3 is 25.6 Å². The lowest BCUT2D eigenvalue weighted by Gasteiger charge is -2.31. The Balaban J connectivity index is 1.55. The average Bonchev–Trinajstić information content (AvgIpc) is 2.92. The maximum atomic E-state index is 13.3. The fraction of sp³-hybridized carbons (Fsp3) is 0.500. The Morgan fingerprint density at radius 2 is 1.74 bits per heavy atom. The van der Waals surface area contributed by atoms with Crippen LogP contribution in [0.2, 0.25) is 0 Å². The van der Waals surface area contributed by atoms with Crippen molar-refractivity contribution in [2.24, 2.45) is 0 Å². The van der Waals surface area contributed by atoms with E-state index in [1.807, 2.05) is 37.3 Å². The second-order valence-corrected chi connectivity index (χ2v) is 10.3. The van der Waals surface area contributed by atoms with Gasteiger partial charge >= 0.3 is 0 Å². The number of ether oxygens (including phenoxy) is 1. The topological polar surface area (TPSA) is 99.8 Å². The van der Waals surface area contributed by atoms with Crippen molar-refractivity contribution in [1.29, 1.82) is 0 Å². The molecule has 0 spiro atoms. The van der Waals surface area contributed by atoms with E-state index in [9.17, 15) is 14.4 Å². The van der Waals surface area contributed by atoms with Crippen molar-refractivity contribution in [3.8, 4) is 5.75 Å². The third-order valence-corrected chi connectivity index (χ3v) is 7.28. The van der Waals surface area contributed by atoms with Crippen molar-refractivity contribution in [2.75, 3.05) is 26.7 Å². The summed E-state index contributed by atoms with van der Waals surface area (Å²) in [5.74, 6) is 0.228. The minimum atomic E-state index is -0.731. The molecule has 8 nitrogen and oxygen atoms in total. The number of carbonyl (C=O) groups is 3. The second-order valence-electron chi connectivity index (χ2n) is 10.3. The maximum Gasteiger partial charge on any atom is 0.242 e. The maximum absolute atomic E-state index is 13.3. The molecule has 2 heterocycles. The number of amides is 3. The van der Waals surface area contributed by atoms with E-state index in [4.69, 9.17) is 4.74 Å². The summed E-state index contributed by atoms with van der Waals surface area (Å²) in [7, 11) is 1.64. The third kappa shape index (κ3) is 7.34. The van der Waals surface area contributed by atoms with Gasteiger partial charge in [0.15, 0.2) is 0 Å². The predicted molar refractivity (Wildman–Crippen MR) is 147 cm³/mol. The lowest BCUT2D eigenvalue weighted by Crippen LogP contribution is -2.53. The lowest BCUT2D eigenvalue weighted by molar-refractivity contribution is -0.137. The van der Waals surface area contributed by atoms with E-state index in [2.05, 4.69) is 34.1 Å². The van der Waals surface area contributed by atoms with Crippen LogP contribution in [0.1, 0.15) is 49.3 Å². The molecule has 0 fully saturated rings. The highest BCUT2D eigenvalue weighted by Crippen LogP contribution is 2.32. The first-order valence-corrected chi connectivity index (χ1v) is 13.8. The van der Waals surface area contributed by atoms with Gasteiger partial charge in [-0.3, -0.25) is 14.4 Å². The highest BCUT2D eigenvalue weighted by molar-refractivity contribution is 5.91. The van der Waals surface area contributed by atoms with Gasteiger partial charge in [-0.25, -0.2) is 0 Å². The van der Waals surface area contributed by atoms with Gasteiger partial charge in [0.25, 0.3) is 0 Å². The van der Waals surface area contributed by atoms with Crippen LogP contribution in [-0.4, -0.2) is 67.5 Å². The number of rotatable bonds is 4. The van der Waals surface area contributed by atoms with Crippen molar-refractivity contribution in [3.05, 3.63) is 65.2 Å². The van der Waals surface area contributed by atoms with E-state index < -0.39 is 12.1 Å². The quantitative estimate of drug-likeness (QED) is 0.575. The van der Waals surface area contributed by atoms with Crippen LogP contribution in [0.4, 0.5) is 0 Å². The second kappa shape index (κ2) is 13.4. The molecule has 8 heteroatoms. The van der Waals surface area contributed by atoms with Crippen LogP contribution in [-0.2, 0) is 33.6 Å². The van der Waals surface area contributed by atoms with Crippen LogP contribution in [0.5, 0.6) is 5.75 Å². The van der Waals surface area contributed by atoms with Gasteiger partial charge in [0.05, 0.1) is 12.6 Å². The van der Waals surface area contributed by atoms with Crippen LogP contribution in [0, 0.1) is 0 Å². The molecule has 3 N–H and O–H groups in total. The summed E-state index contributed by atoms with van der Waals surface area (Å²) in [4.78, 5) is 40.8. The smallest absolute Gasteiger partial charge is 0.242 e. The number of carbonyl (C=O) groups excluding carboxylic acids is 3. The first-order valence-electron chi connectivity index (χ1n) is 13.8. The Labute approximate surface area is 225 Å². The molecule has 0 radical (unpaired) electrons. The fourth-order valence-electron chi connectivity index (χ4n) is 5.22. The van der Waals surface area contributed by atoms with Crippen LogP contribution in [0.25, 0.3) is 0 Å². The van der Waals surface area contributed by atoms with E-state index >= 15 is 0 Å². The number of likely N-dealkylation sites (N-methyl/N-ethyl adjacent to an activating group) is 1. The number of hydrogen-bond donors (Lipinski definition) is 3. The highest BCUT2D eigenvalue weighted by atomic mass is 16.5. The number of hydrogen-bond acceptors (Lipinski definition) is 5. The molecule has 2 unspecified atom stereocenters. The number of para-hydroxylation sites is 1. The van der Waals surface area contributed by atoms with Gasteiger partial charge in [-0.15, -0.1) is 0 Å². The Morgan fingerprint density at radius 1 is 0.974 bits per heavy atom. The molecule has 0 aromatic heterocycles. The van der Waals surface area contributed by atoms with Gasteiger partial charge in [0, 0.05) is 26.6 Å². The molecule has 2 aromatic rings. The number of aryl methyl sites for hydroxylation is 2. The zero-order valence-corrected chi connectivity index (χ0v) is 22.5. The standard InChI is InChI=1S/C30H40N4O4/c1-3-9-25-30(37)34(2)20-27(35)33-26(18-21-10-5-4-6-11-21)29(36)31-17-8-14-22-12-7-13-23-15-16-24(19-32-25)38-28(22)23/h4-7,10-13,24-26,32H,3,8-9,14-20H2,1-2H3,(H,31,36)(H,33,35)/t24?,25?,26-/m1/s1. The summed E-state index contributed by atoms with van der Waals surface area (Å²) in [5.41, 5.74) is 3.30. The van der Waals surface area contributed by atoms with Crippen molar-refractivity contribution in [2.45, 2.75) is 70.1 Å². The summed E-state index contributed by atoms with van der Waals surface area (Å²) >= 11 is 0. The van der Waals surface area contributed by atoms with Crippen molar-refractivity contribution in [1.82, 2.24) is 20.9 Å². The van der Waals surface area contributed by atoms with Gasteiger partial charge in [0.1, 0.15) is 17.9 Å². The van der Waals surface area contributed by atoms with Gasteiger partial charge in [-0.1, -0.05) is 61.9 Å². The SMILES string of the molecule is CCCC1NCC2CCc3cccc(c3O2)CCCNC(=O)[C@@H](Cc2ccccc2)NC(=O)CN(C)C1=O. The minimum Gasteiger partial charge on any atom is -0.489 e. The zero-order chi connectivity index (χ0) is 26.9. The molecule has 2 aliphatic heterocycles. The molecule has 2 aromatic carbocycles. The van der Waals surface area contributed by atoms with Gasteiger partial charge in [-0.2, -0.15) is 0 Å². The Bertz CT molecular complexity index is 1110. The number of nitrogens with one attached hydrogen (secondary N) is 3. The number of benzene rings is 2. The van der Waals surface area contributed by atoms with Crippen molar-refractivity contribution in [3.63, 3.8) is 0 Å². The van der Waals surface area contributed by atoms with Crippen LogP contribution in [0.15, 0.2) is 48.5 Å². The monoisotopic (exact) mass is 520 g/mol. The Morgan fingerprint density at radius 3 is 2.50 bits per heavy atom. The molecule has 2 aliphatic rings. The summed E-state index contributed by atoms with van der Waals surface area (Å²) < 4.78 is 6.43. The highest BCUT2D eigenvalue weighted by Gasteiger charge is 2.28. The Kier molecular flexibility index (Phi) is 9.76.